The second-order valence-electron chi connectivity index (χ2n) is 4.18. The molecule has 2 aliphatic heterocycles. The largest absolute Gasteiger partial charge is 0.324 e. The molecule has 2 aliphatic rings. The van der Waals surface area contributed by atoms with Crippen LogP contribution in [0.2, 0.25) is 0 Å². The number of hydrogen-bond acceptors (Lipinski definition) is 3. The molecule has 84 valence electrons. The SMILES string of the molecule is O=C1CN(CCN2CCCCC2)C(=O)N1. The van der Waals surface area contributed by atoms with E-state index in [1.54, 1.807) is 4.90 Å². The lowest BCUT2D eigenvalue weighted by Crippen LogP contribution is -2.39. The first-order valence-corrected chi connectivity index (χ1v) is 5.57. The molecule has 2 saturated heterocycles. The van der Waals surface area contributed by atoms with Crippen LogP contribution >= 0.6 is 0 Å². The summed E-state index contributed by atoms with van der Waals surface area (Å²) in [6.07, 6.45) is 3.83. The third-order valence-electron chi connectivity index (χ3n) is 3.00. The number of rotatable bonds is 3. The second-order valence-corrected chi connectivity index (χ2v) is 4.18. The molecule has 0 radical (unpaired) electrons. The van der Waals surface area contributed by atoms with Gasteiger partial charge in [-0.15, -0.1) is 0 Å². The number of carbonyl (C=O) groups excluding carboxylic acids is 2. The van der Waals surface area contributed by atoms with Crippen LogP contribution in [0.4, 0.5) is 4.79 Å². The fourth-order valence-corrected chi connectivity index (χ4v) is 2.11. The Morgan fingerprint density at radius 3 is 2.40 bits per heavy atom. The van der Waals surface area contributed by atoms with Gasteiger partial charge in [-0.25, -0.2) is 4.79 Å². The van der Waals surface area contributed by atoms with Gasteiger partial charge in [0, 0.05) is 13.1 Å². The van der Waals surface area contributed by atoms with Gasteiger partial charge < -0.3 is 9.80 Å². The minimum atomic E-state index is -0.239. The summed E-state index contributed by atoms with van der Waals surface area (Å²) >= 11 is 0. The first-order chi connectivity index (χ1) is 7.25. The first-order valence-electron chi connectivity index (χ1n) is 5.57. The van der Waals surface area contributed by atoms with Gasteiger partial charge >= 0.3 is 6.03 Å². The molecule has 0 aromatic heterocycles. The van der Waals surface area contributed by atoms with E-state index in [2.05, 4.69) is 10.2 Å². The molecule has 0 aromatic rings. The molecular weight excluding hydrogens is 194 g/mol. The molecule has 0 unspecified atom stereocenters. The van der Waals surface area contributed by atoms with Crippen molar-refractivity contribution in [2.45, 2.75) is 19.3 Å². The normalized spacial score (nSPS) is 23.3. The predicted molar refractivity (Wildman–Crippen MR) is 55.4 cm³/mol. The van der Waals surface area contributed by atoms with E-state index in [1.165, 1.54) is 19.3 Å². The van der Waals surface area contributed by atoms with Crippen LogP contribution in [0.3, 0.4) is 0 Å². The highest BCUT2D eigenvalue weighted by atomic mass is 16.2. The predicted octanol–water partition coefficient (Wildman–Crippen LogP) is 0.0241. The fraction of sp³-hybridized carbons (Fsp3) is 0.800. The number of urea groups is 1. The summed E-state index contributed by atoms with van der Waals surface area (Å²) in [5, 5.41) is 2.28. The van der Waals surface area contributed by atoms with Gasteiger partial charge in [0.25, 0.3) is 0 Å². The number of nitrogens with one attached hydrogen (secondary N) is 1. The van der Waals surface area contributed by atoms with Crippen LogP contribution < -0.4 is 5.32 Å². The Bertz CT molecular complexity index is 261. The Morgan fingerprint density at radius 2 is 1.80 bits per heavy atom. The number of likely N-dealkylation sites (tertiary alicyclic amines) is 1. The van der Waals surface area contributed by atoms with Gasteiger partial charge in [-0.1, -0.05) is 6.42 Å². The van der Waals surface area contributed by atoms with Gasteiger partial charge in [0.2, 0.25) is 5.91 Å². The van der Waals surface area contributed by atoms with Crippen LogP contribution in [-0.2, 0) is 4.79 Å². The van der Waals surface area contributed by atoms with E-state index in [-0.39, 0.29) is 18.5 Å². The molecule has 0 atom stereocenters. The van der Waals surface area contributed by atoms with Gasteiger partial charge in [0.1, 0.15) is 6.54 Å². The summed E-state index contributed by atoms with van der Waals surface area (Å²) in [5.74, 6) is -0.182. The molecule has 5 nitrogen and oxygen atoms in total. The van der Waals surface area contributed by atoms with Crippen molar-refractivity contribution in [2.75, 3.05) is 32.7 Å². The Balaban J connectivity index is 1.73. The van der Waals surface area contributed by atoms with Gasteiger partial charge in [-0.2, -0.15) is 0 Å². The lowest BCUT2D eigenvalue weighted by Gasteiger charge is -2.27. The maximum Gasteiger partial charge on any atom is 0.324 e. The summed E-state index contributed by atoms with van der Waals surface area (Å²) in [6.45, 7) is 4.04. The van der Waals surface area contributed by atoms with Crippen molar-refractivity contribution in [1.82, 2.24) is 15.1 Å². The van der Waals surface area contributed by atoms with E-state index in [4.69, 9.17) is 0 Å². The highest BCUT2D eigenvalue weighted by Gasteiger charge is 2.26. The molecule has 3 amide bonds. The molecule has 0 bridgehead atoms. The van der Waals surface area contributed by atoms with Crippen molar-refractivity contribution < 1.29 is 9.59 Å². The second kappa shape index (κ2) is 4.61. The topological polar surface area (TPSA) is 52.7 Å². The Hall–Kier alpha value is -1.10. The van der Waals surface area contributed by atoms with E-state index < -0.39 is 0 Å². The van der Waals surface area contributed by atoms with Crippen molar-refractivity contribution >= 4 is 11.9 Å². The smallest absolute Gasteiger partial charge is 0.314 e. The molecule has 0 aromatic carbocycles. The Kier molecular flexibility index (Phi) is 3.20. The average Bonchev–Trinajstić information content (AvgIpc) is 2.56. The molecule has 5 heteroatoms. The number of amides is 3. The van der Waals surface area contributed by atoms with Crippen LogP contribution in [0.15, 0.2) is 0 Å². The van der Waals surface area contributed by atoms with Crippen LogP contribution in [0, 0.1) is 0 Å². The first kappa shape index (κ1) is 10.4. The van der Waals surface area contributed by atoms with E-state index >= 15 is 0 Å². The number of imide groups is 1. The monoisotopic (exact) mass is 211 g/mol. The molecule has 2 fully saturated rings. The number of hydrogen-bond donors (Lipinski definition) is 1. The molecule has 2 rings (SSSR count). The van der Waals surface area contributed by atoms with Crippen molar-refractivity contribution in [3.63, 3.8) is 0 Å². The quantitative estimate of drug-likeness (QED) is 0.670. The lowest BCUT2D eigenvalue weighted by molar-refractivity contribution is -0.118. The third kappa shape index (κ3) is 2.68. The molecule has 0 saturated carbocycles. The van der Waals surface area contributed by atoms with Crippen LogP contribution in [0.25, 0.3) is 0 Å². The van der Waals surface area contributed by atoms with Gasteiger partial charge in [-0.05, 0) is 25.9 Å². The van der Waals surface area contributed by atoms with E-state index in [0.29, 0.717) is 6.54 Å². The van der Waals surface area contributed by atoms with Gasteiger partial charge in [-0.3, -0.25) is 10.1 Å². The van der Waals surface area contributed by atoms with Crippen molar-refractivity contribution in [2.24, 2.45) is 0 Å². The highest BCUT2D eigenvalue weighted by molar-refractivity contribution is 6.01. The molecular formula is C10H17N3O2. The Morgan fingerprint density at radius 1 is 1.07 bits per heavy atom. The number of nitrogens with zero attached hydrogens (tertiary/aromatic N) is 2. The Labute approximate surface area is 89.4 Å². The van der Waals surface area contributed by atoms with E-state index in [9.17, 15) is 9.59 Å². The number of carbonyl (C=O) groups is 2. The third-order valence-corrected chi connectivity index (χ3v) is 3.00. The van der Waals surface area contributed by atoms with Crippen LogP contribution in [0.1, 0.15) is 19.3 Å². The summed E-state index contributed by atoms with van der Waals surface area (Å²) < 4.78 is 0. The number of piperidine rings is 1. The zero-order valence-corrected chi connectivity index (χ0v) is 8.87. The minimum absolute atomic E-state index is 0.182. The zero-order valence-electron chi connectivity index (χ0n) is 8.87. The average molecular weight is 211 g/mol. The van der Waals surface area contributed by atoms with Crippen molar-refractivity contribution in [3.05, 3.63) is 0 Å². The van der Waals surface area contributed by atoms with Gasteiger partial charge in [0.05, 0.1) is 0 Å². The maximum absolute atomic E-state index is 11.2. The zero-order chi connectivity index (χ0) is 10.7. The molecule has 0 spiro atoms. The van der Waals surface area contributed by atoms with Crippen LogP contribution in [0.5, 0.6) is 0 Å². The minimum Gasteiger partial charge on any atom is -0.314 e. The van der Waals surface area contributed by atoms with Crippen LogP contribution in [-0.4, -0.2) is 54.5 Å². The molecule has 0 aliphatic carbocycles. The van der Waals surface area contributed by atoms with Crippen molar-refractivity contribution in [1.29, 1.82) is 0 Å². The highest BCUT2D eigenvalue weighted by Crippen LogP contribution is 2.08. The summed E-state index contributed by atoms with van der Waals surface area (Å²) in [7, 11) is 0. The van der Waals surface area contributed by atoms with E-state index in [1.807, 2.05) is 0 Å². The molecule has 15 heavy (non-hydrogen) atoms. The van der Waals surface area contributed by atoms with Gasteiger partial charge in [0.15, 0.2) is 0 Å². The maximum atomic E-state index is 11.2. The van der Waals surface area contributed by atoms with Crippen molar-refractivity contribution in [3.8, 4) is 0 Å². The lowest BCUT2D eigenvalue weighted by atomic mass is 10.1. The summed E-state index contributed by atoms with van der Waals surface area (Å²) in [4.78, 5) is 26.1. The fourth-order valence-electron chi connectivity index (χ4n) is 2.11. The van der Waals surface area contributed by atoms with E-state index in [0.717, 1.165) is 19.6 Å². The summed E-state index contributed by atoms with van der Waals surface area (Å²) in [6, 6.07) is -0.239. The molecule has 2 heterocycles. The molecule has 1 N–H and O–H groups in total. The standard InChI is InChI=1S/C10H17N3O2/c14-9-8-13(10(15)11-9)7-6-12-4-2-1-3-5-12/h1-8H2,(H,11,14,15). The summed E-state index contributed by atoms with van der Waals surface area (Å²) in [5.41, 5.74) is 0.